The summed E-state index contributed by atoms with van der Waals surface area (Å²) in [5.74, 6) is 0.400. The van der Waals surface area contributed by atoms with Gasteiger partial charge in [-0.2, -0.15) is 10.2 Å². The van der Waals surface area contributed by atoms with Crippen molar-refractivity contribution in [3.8, 4) is 0 Å². The van der Waals surface area contributed by atoms with Gasteiger partial charge in [-0.1, -0.05) is 12.1 Å². The number of primary amides is 1. The second-order valence-corrected chi connectivity index (χ2v) is 6.05. The van der Waals surface area contributed by atoms with E-state index < -0.39 is 0 Å². The smallest absolute Gasteiger partial charge is 0.372 e. The van der Waals surface area contributed by atoms with Crippen molar-refractivity contribution in [1.82, 2.24) is 0 Å². The van der Waals surface area contributed by atoms with Gasteiger partial charge in [0.25, 0.3) is 0 Å². The fourth-order valence-corrected chi connectivity index (χ4v) is 2.75. The molecule has 0 aromatic heterocycles. The van der Waals surface area contributed by atoms with E-state index in [1.54, 1.807) is 0 Å². The Kier molecular flexibility index (Phi) is 7.21. The van der Waals surface area contributed by atoms with Crippen LogP contribution in [0.15, 0.2) is 58.8 Å². The summed E-state index contributed by atoms with van der Waals surface area (Å²) in [5, 5.41) is 8.57. The molecular formula is C21H27N4O+. The lowest BCUT2D eigenvalue weighted by Gasteiger charge is -2.20. The van der Waals surface area contributed by atoms with Gasteiger partial charge in [0.05, 0.1) is 17.8 Å². The largest absolute Gasteiger partial charge is 0.402 e. The van der Waals surface area contributed by atoms with E-state index in [-0.39, 0.29) is 5.91 Å². The average molecular weight is 351 g/mol. The van der Waals surface area contributed by atoms with Crippen molar-refractivity contribution >= 4 is 23.0 Å². The maximum absolute atomic E-state index is 11.3. The minimum absolute atomic E-state index is 0.329. The van der Waals surface area contributed by atoms with Crippen LogP contribution in [0.3, 0.4) is 0 Å². The topological polar surface area (TPSA) is 71.1 Å². The maximum atomic E-state index is 11.3. The van der Waals surface area contributed by atoms with Gasteiger partial charge < -0.3 is 10.6 Å². The summed E-state index contributed by atoms with van der Waals surface area (Å²) < 4.78 is 0. The van der Waals surface area contributed by atoms with Gasteiger partial charge in [-0.3, -0.25) is 0 Å². The molecule has 2 aromatic carbocycles. The zero-order valence-electron chi connectivity index (χ0n) is 15.8. The third-order valence-electron chi connectivity index (χ3n) is 4.39. The predicted molar refractivity (Wildman–Crippen MR) is 107 cm³/mol. The van der Waals surface area contributed by atoms with Crippen molar-refractivity contribution in [2.75, 3.05) is 18.0 Å². The van der Waals surface area contributed by atoms with Crippen molar-refractivity contribution in [3.05, 3.63) is 60.0 Å². The van der Waals surface area contributed by atoms with Crippen LogP contribution in [0.2, 0.25) is 0 Å². The van der Waals surface area contributed by atoms with E-state index in [1.165, 1.54) is 5.69 Å². The van der Waals surface area contributed by atoms with Crippen LogP contribution in [-0.4, -0.2) is 19.0 Å². The first kappa shape index (κ1) is 19.5. The van der Waals surface area contributed by atoms with Crippen molar-refractivity contribution in [3.63, 3.8) is 0 Å². The molecule has 0 bridgehead atoms. The highest BCUT2D eigenvalue weighted by atomic mass is 16.1. The van der Waals surface area contributed by atoms with Crippen LogP contribution in [0.4, 0.5) is 17.1 Å². The third kappa shape index (κ3) is 5.34. The SMILES string of the molecule is CC[C+](Cc1ccc(N=Nc2ccc(N(CC)CC)cc2)cc1)C(N)=O. The van der Waals surface area contributed by atoms with Crippen LogP contribution in [-0.2, 0) is 11.2 Å². The fourth-order valence-electron chi connectivity index (χ4n) is 2.75. The van der Waals surface area contributed by atoms with Gasteiger partial charge in [0.1, 0.15) is 6.42 Å². The Morgan fingerprint density at radius 2 is 1.42 bits per heavy atom. The highest BCUT2D eigenvalue weighted by molar-refractivity contribution is 5.88. The maximum Gasteiger partial charge on any atom is 0.402 e. The van der Waals surface area contributed by atoms with E-state index in [2.05, 4.69) is 41.1 Å². The summed E-state index contributed by atoms with van der Waals surface area (Å²) in [7, 11) is 0. The lowest BCUT2D eigenvalue weighted by molar-refractivity contribution is -0.116. The molecule has 0 fully saturated rings. The Hall–Kier alpha value is -2.82. The number of hydrogen-bond donors (Lipinski definition) is 1. The summed E-state index contributed by atoms with van der Waals surface area (Å²) in [6.07, 6.45) is 1.25. The Bertz CT molecular complexity index is 719. The number of nitrogens with zero attached hydrogens (tertiary/aromatic N) is 3. The molecule has 0 aliphatic carbocycles. The normalized spacial score (nSPS) is 10.9. The highest BCUT2D eigenvalue weighted by Crippen LogP contribution is 2.23. The molecule has 0 saturated carbocycles. The molecule has 5 nitrogen and oxygen atoms in total. The minimum Gasteiger partial charge on any atom is -0.372 e. The summed E-state index contributed by atoms with van der Waals surface area (Å²) in [6.45, 7) is 8.19. The van der Waals surface area contributed by atoms with E-state index in [0.29, 0.717) is 12.8 Å². The summed E-state index contributed by atoms with van der Waals surface area (Å²) >= 11 is 0. The number of carbonyl (C=O) groups excluding carboxylic acids is 1. The van der Waals surface area contributed by atoms with Crippen molar-refractivity contribution in [1.29, 1.82) is 0 Å². The molecule has 0 atom stereocenters. The molecule has 0 radical (unpaired) electrons. The van der Waals surface area contributed by atoms with Crippen molar-refractivity contribution in [2.45, 2.75) is 33.6 Å². The second kappa shape index (κ2) is 9.61. The Morgan fingerprint density at radius 3 is 1.85 bits per heavy atom. The molecule has 136 valence electrons. The number of azo groups is 1. The van der Waals surface area contributed by atoms with E-state index in [4.69, 9.17) is 5.73 Å². The van der Waals surface area contributed by atoms with Gasteiger partial charge in [-0.25, -0.2) is 4.79 Å². The summed E-state index contributed by atoms with van der Waals surface area (Å²) in [4.78, 5) is 13.6. The molecule has 1 amide bonds. The Morgan fingerprint density at radius 1 is 0.923 bits per heavy atom. The van der Waals surface area contributed by atoms with Gasteiger partial charge in [0.15, 0.2) is 5.92 Å². The number of benzene rings is 2. The molecule has 0 heterocycles. The van der Waals surface area contributed by atoms with Gasteiger partial charge in [0, 0.05) is 18.8 Å². The first-order valence-electron chi connectivity index (χ1n) is 9.07. The number of amides is 1. The lowest BCUT2D eigenvalue weighted by atomic mass is 9.96. The molecular weight excluding hydrogens is 324 g/mol. The fraction of sp³-hybridized carbons (Fsp3) is 0.333. The van der Waals surface area contributed by atoms with Crippen molar-refractivity contribution in [2.24, 2.45) is 16.0 Å². The zero-order chi connectivity index (χ0) is 18.9. The number of anilines is 1. The molecule has 0 saturated heterocycles. The first-order chi connectivity index (χ1) is 12.6. The second-order valence-electron chi connectivity index (χ2n) is 6.05. The molecule has 2 aromatic rings. The van der Waals surface area contributed by atoms with Gasteiger partial charge in [0.2, 0.25) is 0 Å². The standard InChI is InChI=1S/C21H26N4O/c1-4-17(21(22)26)15-16-7-9-18(10-8-16)23-24-19-11-13-20(14-12-19)25(5-2)6-3/h7-14H,4-6,15H2,1-3H3,(H-,22,26)/p+1. The minimum atomic E-state index is -0.329. The van der Waals surface area contributed by atoms with Gasteiger partial charge in [-0.05, 0) is 62.7 Å². The molecule has 0 aliphatic rings. The van der Waals surface area contributed by atoms with E-state index in [1.807, 2.05) is 43.3 Å². The Balaban J connectivity index is 2.01. The highest BCUT2D eigenvalue weighted by Gasteiger charge is 2.26. The molecule has 0 spiro atoms. The molecule has 0 aliphatic heterocycles. The molecule has 0 unspecified atom stereocenters. The van der Waals surface area contributed by atoms with Crippen LogP contribution in [0, 0.1) is 5.92 Å². The van der Waals surface area contributed by atoms with E-state index in [9.17, 15) is 4.79 Å². The van der Waals surface area contributed by atoms with Gasteiger partial charge >= 0.3 is 5.91 Å². The lowest BCUT2D eigenvalue weighted by Crippen LogP contribution is -2.22. The predicted octanol–water partition coefficient (Wildman–Crippen LogP) is 4.96. The van der Waals surface area contributed by atoms with Crippen LogP contribution >= 0.6 is 0 Å². The number of hydrogen-bond acceptors (Lipinski definition) is 4. The first-order valence-corrected chi connectivity index (χ1v) is 9.07. The van der Waals surface area contributed by atoms with E-state index in [0.717, 1.165) is 35.9 Å². The zero-order valence-corrected chi connectivity index (χ0v) is 15.8. The Labute approximate surface area is 155 Å². The molecule has 2 N–H and O–H groups in total. The molecule has 5 heteroatoms. The monoisotopic (exact) mass is 351 g/mol. The van der Waals surface area contributed by atoms with Crippen LogP contribution < -0.4 is 10.6 Å². The van der Waals surface area contributed by atoms with Gasteiger partial charge in [-0.15, -0.1) is 0 Å². The van der Waals surface area contributed by atoms with Crippen molar-refractivity contribution < 1.29 is 4.79 Å². The van der Waals surface area contributed by atoms with Crippen LogP contribution in [0.5, 0.6) is 0 Å². The summed E-state index contributed by atoms with van der Waals surface area (Å²) in [6, 6.07) is 15.8. The van der Waals surface area contributed by atoms with Crippen LogP contribution in [0.25, 0.3) is 0 Å². The average Bonchev–Trinajstić information content (AvgIpc) is 2.67. The number of carbonyl (C=O) groups is 1. The summed E-state index contributed by atoms with van der Waals surface area (Å²) in [5.41, 5.74) is 9.20. The number of nitrogens with two attached hydrogens (primary N) is 1. The molecule has 2 rings (SSSR count). The quantitative estimate of drug-likeness (QED) is 0.512. The van der Waals surface area contributed by atoms with Crippen LogP contribution in [0.1, 0.15) is 32.8 Å². The van der Waals surface area contributed by atoms with E-state index >= 15 is 0 Å². The third-order valence-corrected chi connectivity index (χ3v) is 4.39. The number of rotatable bonds is 9. The molecule has 26 heavy (non-hydrogen) atoms.